The fourth-order valence-electron chi connectivity index (χ4n) is 4.39. The van der Waals surface area contributed by atoms with E-state index >= 15 is 0 Å². The fourth-order valence-corrected chi connectivity index (χ4v) is 4.39. The molecule has 0 aromatic heterocycles. The van der Waals surface area contributed by atoms with Gasteiger partial charge in [-0.1, -0.05) is 24.3 Å². The Morgan fingerprint density at radius 3 is 3.00 bits per heavy atom. The molecule has 0 N–H and O–H groups in total. The second kappa shape index (κ2) is 7.63. The lowest BCUT2D eigenvalue weighted by Gasteiger charge is -2.30. The number of hydrogen-bond donors (Lipinski definition) is 0. The molecule has 4 nitrogen and oxygen atoms in total. The van der Waals surface area contributed by atoms with E-state index in [0.717, 1.165) is 55.9 Å². The van der Waals surface area contributed by atoms with Crippen molar-refractivity contribution in [2.75, 3.05) is 27.3 Å². The third-order valence-electron chi connectivity index (χ3n) is 5.84. The van der Waals surface area contributed by atoms with Crippen molar-refractivity contribution in [2.45, 2.75) is 38.0 Å². The largest absolute Gasteiger partial charge is 0.496 e. The first kappa shape index (κ1) is 17.9. The summed E-state index contributed by atoms with van der Waals surface area (Å²) in [5, 5.41) is 0. The van der Waals surface area contributed by atoms with Gasteiger partial charge in [0.15, 0.2) is 0 Å². The highest BCUT2D eigenvalue weighted by molar-refractivity contribution is 5.78. The summed E-state index contributed by atoms with van der Waals surface area (Å²) in [5.74, 6) is 2.49. The molecular weight excluding hydrogens is 338 g/mol. The highest BCUT2D eigenvalue weighted by atomic mass is 16.5. The molecule has 1 aliphatic carbocycles. The molecule has 1 amide bonds. The number of hydrogen-bond acceptors (Lipinski definition) is 3. The molecule has 0 bridgehead atoms. The van der Waals surface area contributed by atoms with Crippen LogP contribution in [0.3, 0.4) is 0 Å². The van der Waals surface area contributed by atoms with Gasteiger partial charge in [0, 0.05) is 25.9 Å². The van der Waals surface area contributed by atoms with Gasteiger partial charge in [-0.2, -0.15) is 0 Å². The van der Waals surface area contributed by atoms with Gasteiger partial charge in [0.2, 0.25) is 5.91 Å². The number of benzene rings is 2. The second-order valence-corrected chi connectivity index (χ2v) is 7.61. The van der Waals surface area contributed by atoms with Crippen LogP contribution < -0.4 is 9.47 Å². The van der Waals surface area contributed by atoms with Crippen molar-refractivity contribution < 1.29 is 14.3 Å². The first-order chi connectivity index (χ1) is 13.2. The molecule has 0 saturated carbocycles. The van der Waals surface area contributed by atoms with E-state index in [2.05, 4.69) is 18.2 Å². The minimum atomic E-state index is 0.170. The van der Waals surface area contributed by atoms with Gasteiger partial charge in [0.1, 0.15) is 11.5 Å². The van der Waals surface area contributed by atoms with Crippen molar-refractivity contribution in [1.29, 1.82) is 0 Å². The highest BCUT2D eigenvalue weighted by Gasteiger charge is 2.25. The zero-order chi connectivity index (χ0) is 18.8. The Bertz CT molecular complexity index is 846. The molecule has 2 aliphatic rings. The summed E-state index contributed by atoms with van der Waals surface area (Å²) in [5.41, 5.74) is 4.95. The average Bonchev–Trinajstić information content (AvgIpc) is 3.15. The molecule has 0 radical (unpaired) electrons. The van der Waals surface area contributed by atoms with Crippen LogP contribution in [0.1, 0.15) is 41.0 Å². The van der Waals surface area contributed by atoms with Gasteiger partial charge >= 0.3 is 0 Å². The van der Waals surface area contributed by atoms with Crippen LogP contribution in [0.15, 0.2) is 36.4 Å². The lowest BCUT2D eigenvalue weighted by Crippen LogP contribution is -2.33. The first-order valence-electron chi connectivity index (χ1n) is 9.80. The van der Waals surface area contributed by atoms with Crippen molar-refractivity contribution >= 4 is 5.91 Å². The number of fused-ring (bicyclic) bond motifs is 2. The van der Waals surface area contributed by atoms with Gasteiger partial charge in [-0.25, -0.2) is 0 Å². The van der Waals surface area contributed by atoms with Crippen LogP contribution in [-0.4, -0.2) is 38.1 Å². The topological polar surface area (TPSA) is 38.8 Å². The molecule has 4 heteroatoms. The number of methoxy groups -OCH3 is 1. The standard InChI is InChI=1S/C23H27NO3/c1-24(23(25)14-16-9-10-21-17(13-16)11-12-27-21)15-18-5-3-7-20-19(18)6-4-8-22(20)26-2/h4,6,8-10,13,18H,3,5,7,11-12,14-15H2,1-2H3/t18-/m0/s1. The van der Waals surface area contributed by atoms with E-state index in [4.69, 9.17) is 9.47 Å². The molecule has 27 heavy (non-hydrogen) atoms. The van der Waals surface area contributed by atoms with Crippen molar-refractivity contribution in [1.82, 2.24) is 4.90 Å². The van der Waals surface area contributed by atoms with Gasteiger partial charge < -0.3 is 14.4 Å². The van der Waals surface area contributed by atoms with E-state index in [-0.39, 0.29) is 5.91 Å². The van der Waals surface area contributed by atoms with Crippen LogP contribution in [-0.2, 0) is 24.1 Å². The van der Waals surface area contributed by atoms with Crippen LogP contribution in [0.5, 0.6) is 11.5 Å². The van der Waals surface area contributed by atoms with Gasteiger partial charge in [0.25, 0.3) is 0 Å². The number of rotatable bonds is 5. The Morgan fingerprint density at radius 2 is 2.15 bits per heavy atom. The van der Waals surface area contributed by atoms with Crippen molar-refractivity contribution in [3.63, 3.8) is 0 Å². The van der Waals surface area contributed by atoms with Gasteiger partial charge in [0.05, 0.1) is 20.1 Å². The minimum Gasteiger partial charge on any atom is -0.496 e. The molecule has 142 valence electrons. The predicted octanol–water partition coefficient (Wildman–Crippen LogP) is 3.75. The lowest BCUT2D eigenvalue weighted by atomic mass is 9.82. The van der Waals surface area contributed by atoms with E-state index in [9.17, 15) is 4.79 Å². The second-order valence-electron chi connectivity index (χ2n) is 7.61. The molecule has 1 aliphatic heterocycles. The molecule has 0 unspecified atom stereocenters. The maximum absolute atomic E-state index is 12.8. The Hall–Kier alpha value is -2.49. The average molecular weight is 365 g/mol. The molecule has 0 fully saturated rings. The van der Waals surface area contributed by atoms with Crippen molar-refractivity contribution in [3.8, 4) is 11.5 Å². The fraction of sp³-hybridized carbons (Fsp3) is 0.435. The van der Waals surface area contributed by atoms with Crippen molar-refractivity contribution in [2.24, 2.45) is 0 Å². The maximum Gasteiger partial charge on any atom is 0.226 e. The van der Waals surface area contributed by atoms with E-state index in [1.165, 1.54) is 16.7 Å². The number of carbonyl (C=O) groups excluding carboxylic acids is 1. The number of carbonyl (C=O) groups is 1. The minimum absolute atomic E-state index is 0.170. The summed E-state index contributed by atoms with van der Waals surface area (Å²) in [6.45, 7) is 1.50. The van der Waals surface area contributed by atoms with Crippen LogP contribution >= 0.6 is 0 Å². The first-order valence-corrected chi connectivity index (χ1v) is 9.80. The molecule has 1 atom stereocenters. The number of amides is 1. The molecular formula is C23H27NO3. The summed E-state index contributed by atoms with van der Waals surface area (Å²) in [6.07, 6.45) is 4.71. The smallest absolute Gasteiger partial charge is 0.226 e. The van der Waals surface area contributed by atoms with E-state index in [1.54, 1.807) is 7.11 Å². The molecule has 1 heterocycles. The molecule has 0 saturated heterocycles. The van der Waals surface area contributed by atoms with Crippen LogP contribution in [0.25, 0.3) is 0 Å². The third-order valence-corrected chi connectivity index (χ3v) is 5.84. The highest BCUT2D eigenvalue weighted by Crippen LogP contribution is 2.37. The number of likely N-dealkylation sites (N-methyl/N-ethyl adjacent to an activating group) is 1. The third kappa shape index (κ3) is 3.66. The van der Waals surface area contributed by atoms with Gasteiger partial charge in [-0.3, -0.25) is 4.79 Å². The SMILES string of the molecule is COc1cccc2c1CCC[C@H]2CN(C)C(=O)Cc1ccc2c(c1)CCO2. The molecule has 0 spiro atoms. The summed E-state index contributed by atoms with van der Waals surface area (Å²) in [6, 6.07) is 12.4. The van der Waals surface area contributed by atoms with E-state index < -0.39 is 0 Å². The van der Waals surface area contributed by atoms with Crippen molar-refractivity contribution in [3.05, 3.63) is 58.7 Å². The Morgan fingerprint density at radius 1 is 1.26 bits per heavy atom. The molecule has 4 rings (SSSR count). The van der Waals surface area contributed by atoms with Gasteiger partial charge in [-0.15, -0.1) is 0 Å². The number of nitrogens with zero attached hydrogens (tertiary/aromatic N) is 1. The van der Waals surface area contributed by atoms with E-state index in [0.29, 0.717) is 12.3 Å². The summed E-state index contributed by atoms with van der Waals surface area (Å²) < 4.78 is 11.1. The van der Waals surface area contributed by atoms with E-state index in [1.807, 2.05) is 30.1 Å². The zero-order valence-electron chi connectivity index (χ0n) is 16.2. The van der Waals surface area contributed by atoms with Crippen LogP contribution in [0.2, 0.25) is 0 Å². The van der Waals surface area contributed by atoms with Crippen LogP contribution in [0, 0.1) is 0 Å². The Balaban J connectivity index is 1.44. The normalized spacial score (nSPS) is 17.6. The Kier molecular flexibility index (Phi) is 5.06. The molecule has 2 aromatic rings. The monoisotopic (exact) mass is 365 g/mol. The van der Waals surface area contributed by atoms with Crippen LogP contribution in [0.4, 0.5) is 0 Å². The molecule has 2 aromatic carbocycles. The summed E-state index contributed by atoms with van der Waals surface area (Å²) >= 11 is 0. The number of ether oxygens (including phenoxy) is 2. The van der Waals surface area contributed by atoms with Gasteiger partial charge in [-0.05, 0) is 53.6 Å². The maximum atomic E-state index is 12.8. The Labute approximate surface area is 161 Å². The quantitative estimate of drug-likeness (QED) is 0.810. The predicted molar refractivity (Wildman–Crippen MR) is 106 cm³/mol. The summed E-state index contributed by atoms with van der Waals surface area (Å²) in [7, 11) is 3.66. The zero-order valence-corrected chi connectivity index (χ0v) is 16.2. The summed E-state index contributed by atoms with van der Waals surface area (Å²) in [4.78, 5) is 14.7. The lowest BCUT2D eigenvalue weighted by molar-refractivity contribution is -0.129.